The lowest BCUT2D eigenvalue weighted by Gasteiger charge is -2.26. The molecule has 0 radical (unpaired) electrons. The van der Waals surface area contributed by atoms with Gasteiger partial charge < -0.3 is 15.8 Å². The summed E-state index contributed by atoms with van der Waals surface area (Å²) in [4.78, 5) is 13.8. The molecule has 0 atom stereocenters. The first-order valence-corrected chi connectivity index (χ1v) is 6.08. The number of amidine groups is 1. The lowest BCUT2D eigenvalue weighted by atomic mass is 9.94. The third kappa shape index (κ3) is 3.98. The van der Waals surface area contributed by atoms with Crippen molar-refractivity contribution in [2.24, 2.45) is 16.3 Å². The van der Waals surface area contributed by atoms with Crippen LogP contribution in [0.25, 0.3) is 0 Å². The molecule has 0 spiro atoms. The Hall–Kier alpha value is -2.04. The summed E-state index contributed by atoms with van der Waals surface area (Å²) in [6.45, 7) is 6.15. The number of hydrogen-bond donors (Lipinski definition) is 2. The van der Waals surface area contributed by atoms with E-state index in [1.54, 1.807) is 18.0 Å². The van der Waals surface area contributed by atoms with E-state index >= 15 is 0 Å². The number of oxime groups is 1. The molecule has 1 rings (SSSR count). The number of carbonyl (C=O) groups is 1. The number of nitrogens with two attached hydrogens (primary N) is 1. The Morgan fingerprint density at radius 1 is 1.42 bits per heavy atom. The van der Waals surface area contributed by atoms with Crippen LogP contribution in [0.4, 0.5) is 0 Å². The maximum Gasteiger partial charge on any atom is 0.227 e. The van der Waals surface area contributed by atoms with Crippen LogP contribution in [0.5, 0.6) is 0 Å². The summed E-state index contributed by atoms with van der Waals surface area (Å²) < 4.78 is 0. The second-order valence-corrected chi connectivity index (χ2v) is 5.60. The number of hydrogen-bond acceptors (Lipinski definition) is 3. The minimum Gasteiger partial charge on any atom is -0.409 e. The highest BCUT2D eigenvalue weighted by atomic mass is 16.4. The van der Waals surface area contributed by atoms with Gasteiger partial charge in [0.2, 0.25) is 5.91 Å². The summed E-state index contributed by atoms with van der Waals surface area (Å²) in [6, 6.07) is 7.28. The molecule has 0 aromatic heterocycles. The summed E-state index contributed by atoms with van der Waals surface area (Å²) in [5.74, 6) is 0.133. The molecule has 0 aliphatic rings. The van der Waals surface area contributed by atoms with Crippen molar-refractivity contribution in [1.82, 2.24) is 4.90 Å². The predicted octanol–water partition coefficient (Wildman–Crippen LogP) is 1.79. The van der Waals surface area contributed by atoms with Crippen molar-refractivity contribution in [1.29, 1.82) is 0 Å². The van der Waals surface area contributed by atoms with Crippen LogP contribution in [-0.4, -0.2) is 28.9 Å². The molecule has 0 heterocycles. The van der Waals surface area contributed by atoms with Gasteiger partial charge in [-0.3, -0.25) is 4.79 Å². The molecular weight excluding hydrogens is 242 g/mol. The van der Waals surface area contributed by atoms with Gasteiger partial charge in [0, 0.05) is 24.6 Å². The molecule has 3 N–H and O–H groups in total. The highest BCUT2D eigenvalue weighted by molar-refractivity contribution is 5.97. The normalized spacial score (nSPS) is 12.3. The highest BCUT2D eigenvalue weighted by Crippen LogP contribution is 2.18. The van der Waals surface area contributed by atoms with E-state index in [0.717, 1.165) is 5.56 Å². The van der Waals surface area contributed by atoms with Crippen LogP contribution < -0.4 is 5.73 Å². The molecule has 1 aromatic rings. The van der Waals surface area contributed by atoms with Crippen LogP contribution >= 0.6 is 0 Å². The Bertz CT molecular complexity index is 490. The van der Waals surface area contributed by atoms with E-state index in [9.17, 15) is 4.79 Å². The first kappa shape index (κ1) is 15.0. The quantitative estimate of drug-likeness (QED) is 0.377. The first-order chi connectivity index (χ1) is 8.75. The van der Waals surface area contributed by atoms with Crippen molar-refractivity contribution in [3.63, 3.8) is 0 Å². The molecule has 104 valence electrons. The summed E-state index contributed by atoms with van der Waals surface area (Å²) in [5.41, 5.74) is 6.71. The number of rotatable bonds is 3. The van der Waals surface area contributed by atoms with Gasteiger partial charge in [0.1, 0.15) is 0 Å². The van der Waals surface area contributed by atoms with Crippen molar-refractivity contribution in [3.8, 4) is 0 Å². The Balaban J connectivity index is 2.86. The Morgan fingerprint density at radius 2 is 2.05 bits per heavy atom. The van der Waals surface area contributed by atoms with E-state index in [2.05, 4.69) is 5.16 Å². The van der Waals surface area contributed by atoms with E-state index in [4.69, 9.17) is 10.9 Å². The van der Waals surface area contributed by atoms with Crippen LogP contribution in [0.1, 0.15) is 31.9 Å². The van der Waals surface area contributed by atoms with E-state index < -0.39 is 5.41 Å². The molecule has 19 heavy (non-hydrogen) atoms. The average molecular weight is 263 g/mol. The fourth-order valence-electron chi connectivity index (χ4n) is 1.80. The van der Waals surface area contributed by atoms with Crippen LogP contribution in [-0.2, 0) is 11.3 Å². The van der Waals surface area contributed by atoms with Gasteiger partial charge in [-0.2, -0.15) is 0 Å². The van der Waals surface area contributed by atoms with Gasteiger partial charge in [-0.15, -0.1) is 0 Å². The van der Waals surface area contributed by atoms with Crippen molar-refractivity contribution < 1.29 is 10.0 Å². The van der Waals surface area contributed by atoms with Gasteiger partial charge in [0.25, 0.3) is 0 Å². The molecular formula is C14H21N3O2. The molecule has 1 amide bonds. The van der Waals surface area contributed by atoms with E-state index in [1.807, 2.05) is 39.0 Å². The zero-order valence-electron chi connectivity index (χ0n) is 11.8. The molecule has 0 bridgehead atoms. The molecule has 5 nitrogen and oxygen atoms in total. The molecule has 0 fully saturated rings. The van der Waals surface area contributed by atoms with Crippen molar-refractivity contribution in [2.45, 2.75) is 27.3 Å². The van der Waals surface area contributed by atoms with Gasteiger partial charge in [-0.1, -0.05) is 44.1 Å². The summed E-state index contributed by atoms with van der Waals surface area (Å²) in [6.07, 6.45) is 0. The molecule has 0 aliphatic carbocycles. The van der Waals surface area contributed by atoms with Gasteiger partial charge >= 0.3 is 0 Å². The largest absolute Gasteiger partial charge is 0.409 e. The highest BCUT2D eigenvalue weighted by Gasteiger charge is 2.24. The lowest BCUT2D eigenvalue weighted by Crippen LogP contribution is -2.36. The van der Waals surface area contributed by atoms with Gasteiger partial charge in [0.05, 0.1) is 0 Å². The Labute approximate surface area is 113 Å². The number of benzene rings is 1. The lowest BCUT2D eigenvalue weighted by molar-refractivity contribution is -0.138. The average Bonchev–Trinajstić information content (AvgIpc) is 2.36. The van der Waals surface area contributed by atoms with Crippen molar-refractivity contribution >= 4 is 11.7 Å². The molecule has 0 aliphatic heterocycles. The summed E-state index contributed by atoms with van der Waals surface area (Å²) in [7, 11) is 1.77. The maximum absolute atomic E-state index is 12.1. The second kappa shape index (κ2) is 5.73. The SMILES string of the molecule is CN(Cc1cccc(C(N)=NO)c1)C(=O)C(C)(C)C. The standard InChI is InChI=1S/C14H21N3O2/c1-14(2,3)13(18)17(4)9-10-6-5-7-11(8-10)12(15)16-19/h5-8,19H,9H2,1-4H3,(H2,15,16). The van der Waals surface area contributed by atoms with Crippen LogP contribution in [0.3, 0.4) is 0 Å². The minimum absolute atomic E-state index is 0.0617. The molecule has 0 unspecified atom stereocenters. The fourth-order valence-corrected chi connectivity index (χ4v) is 1.80. The topological polar surface area (TPSA) is 78.9 Å². The van der Waals surface area contributed by atoms with Crippen LogP contribution in [0, 0.1) is 5.41 Å². The molecule has 0 saturated heterocycles. The third-order valence-corrected chi connectivity index (χ3v) is 2.74. The van der Waals surface area contributed by atoms with E-state index in [1.165, 1.54) is 0 Å². The Kier molecular flexibility index (Phi) is 4.53. The van der Waals surface area contributed by atoms with Crippen LogP contribution in [0.2, 0.25) is 0 Å². The molecule has 1 aromatic carbocycles. The smallest absolute Gasteiger partial charge is 0.227 e. The zero-order chi connectivity index (χ0) is 14.6. The van der Waals surface area contributed by atoms with E-state index in [0.29, 0.717) is 12.1 Å². The monoisotopic (exact) mass is 263 g/mol. The van der Waals surface area contributed by atoms with Crippen LogP contribution in [0.15, 0.2) is 29.4 Å². The van der Waals surface area contributed by atoms with Gasteiger partial charge in [-0.05, 0) is 11.6 Å². The van der Waals surface area contributed by atoms with Gasteiger partial charge in [0.15, 0.2) is 5.84 Å². The first-order valence-electron chi connectivity index (χ1n) is 6.08. The molecule has 0 saturated carbocycles. The Morgan fingerprint density at radius 3 is 2.58 bits per heavy atom. The zero-order valence-corrected chi connectivity index (χ0v) is 11.8. The summed E-state index contributed by atoms with van der Waals surface area (Å²) >= 11 is 0. The fraction of sp³-hybridized carbons (Fsp3) is 0.429. The number of carbonyl (C=O) groups excluding carboxylic acids is 1. The van der Waals surface area contributed by atoms with Crippen molar-refractivity contribution in [2.75, 3.05) is 7.05 Å². The van der Waals surface area contributed by atoms with Gasteiger partial charge in [-0.25, -0.2) is 0 Å². The molecule has 5 heteroatoms. The predicted molar refractivity (Wildman–Crippen MR) is 74.9 cm³/mol. The number of nitrogens with zero attached hydrogens (tertiary/aromatic N) is 2. The summed E-state index contributed by atoms with van der Waals surface area (Å²) in [5, 5.41) is 11.6. The van der Waals surface area contributed by atoms with Crippen molar-refractivity contribution in [3.05, 3.63) is 35.4 Å². The maximum atomic E-state index is 12.1. The van der Waals surface area contributed by atoms with E-state index in [-0.39, 0.29) is 11.7 Å². The number of amides is 1. The second-order valence-electron chi connectivity index (χ2n) is 5.60. The third-order valence-electron chi connectivity index (χ3n) is 2.74. The minimum atomic E-state index is -0.405.